The van der Waals surface area contributed by atoms with Crippen LogP contribution >= 0.6 is 0 Å². The number of sulfonamides is 1. The number of nitrogens with zero attached hydrogens (tertiary/aromatic N) is 1. The minimum absolute atomic E-state index is 0.114. The maximum Gasteiger partial charge on any atom is 0.246 e. The van der Waals surface area contributed by atoms with Crippen LogP contribution in [0.4, 0.5) is 4.39 Å². The first-order valence-electron chi connectivity index (χ1n) is 5.52. The van der Waals surface area contributed by atoms with Gasteiger partial charge in [-0.15, -0.1) is 0 Å². The molecular weight excluding hydrogens is 285 g/mol. The summed E-state index contributed by atoms with van der Waals surface area (Å²) < 4.78 is 38.6. The molecule has 0 heterocycles. The number of benzene rings is 1. The lowest BCUT2D eigenvalue weighted by atomic mass is 10.2. The molecule has 0 saturated carbocycles. The Morgan fingerprint density at radius 2 is 2.10 bits per heavy atom. The number of likely N-dealkylation sites (N-methyl/N-ethyl adjacent to an activating group) is 1. The molecule has 1 rings (SSSR count). The van der Waals surface area contributed by atoms with E-state index in [9.17, 15) is 17.6 Å². The van der Waals surface area contributed by atoms with Crippen molar-refractivity contribution in [3.05, 3.63) is 29.6 Å². The van der Waals surface area contributed by atoms with Crippen LogP contribution in [0, 0.1) is 17.7 Å². The van der Waals surface area contributed by atoms with Gasteiger partial charge in [0.2, 0.25) is 15.9 Å². The molecule has 0 bridgehead atoms. The van der Waals surface area contributed by atoms with Crippen molar-refractivity contribution in [3.8, 4) is 11.8 Å². The Labute approximate surface area is 116 Å². The molecule has 0 aromatic heterocycles. The highest BCUT2D eigenvalue weighted by molar-refractivity contribution is 7.89. The average molecular weight is 299 g/mol. The van der Waals surface area contributed by atoms with E-state index in [1.807, 2.05) is 0 Å². The molecule has 0 saturated heterocycles. The zero-order chi connectivity index (χ0) is 15.3. The van der Waals surface area contributed by atoms with Gasteiger partial charge in [-0.25, -0.2) is 12.8 Å². The maximum absolute atomic E-state index is 13.8. The highest BCUT2D eigenvalue weighted by Crippen LogP contribution is 2.19. The highest BCUT2D eigenvalue weighted by Gasteiger charge is 2.25. The number of carbonyl (C=O) groups is 1. The summed E-state index contributed by atoms with van der Waals surface area (Å²) in [6, 6.07) is 3.44. The van der Waals surface area contributed by atoms with Crippen LogP contribution in [0.25, 0.3) is 0 Å². The van der Waals surface area contributed by atoms with E-state index in [2.05, 4.69) is 11.8 Å². The number of hydrogen-bond acceptors (Lipinski definition) is 4. The molecule has 0 fully saturated rings. The second kappa shape index (κ2) is 6.47. The number of carbonyl (C=O) groups excluding carboxylic acids is 1. The van der Waals surface area contributed by atoms with Gasteiger partial charge in [0.05, 0.1) is 13.1 Å². The standard InChI is InChI=1S/C12H14FN3O3S/c1-16(8-12(15)17)20(18,19)11-5-4-9(3-2-6-14)7-10(11)13/h4-5,7H,6,8,14H2,1H3,(H2,15,17). The summed E-state index contributed by atoms with van der Waals surface area (Å²) in [7, 11) is -2.98. The lowest BCUT2D eigenvalue weighted by Gasteiger charge is -2.15. The van der Waals surface area contributed by atoms with Gasteiger partial charge in [0.15, 0.2) is 0 Å². The fraction of sp³-hybridized carbons (Fsp3) is 0.250. The number of amides is 1. The zero-order valence-electron chi connectivity index (χ0n) is 10.8. The van der Waals surface area contributed by atoms with E-state index in [-0.39, 0.29) is 6.54 Å². The molecule has 20 heavy (non-hydrogen) atoms. The summed E-state index contributed by atoms with van der Waals surface area (Å²) in [6.45, 7) is -0.417. The third-order valence-corrected chi connectivity index (χ3v) is 4.17. The first-order chi connectivity index (χ1) is 9.28. The van der Waals surface area contributed by atoms with Crippen molar-refractivity contribution in [3.63, 3.8) is 0 Å². The van der Waals surface area contributed by atoms with Crippen LogP contribution in [-0.4, -0.2) is 38.8 Å². The Morgan fingerprint density at radius 1 is 1.45 bits per heavy atom. The third-order valence-electron chi connectivity index (χ3n) is 2.33. The minimum atomic E-state index is -4.12. The predicted molar refractivity (Wildman–Crippen MR) is 71.3 cm³/mol. The van der Waals surface area contributed by atoms with Crippen molar-refractivity contribution in [2.24, 2.45) is 11.5 Å². The van der Waals surface area contributed by atoms with Crippen molar-refractivity contribution in [2.75, 3.05) is 20.1 Å². The van der Waals surface area contributed by atoms with Crippen LogP contribution in [0.2, 0.25) is 0 Å². The number of halogens is 1. The molecule has 8 heteroatoms. The van der Waals surface area contributed by atoms with Crippen LogP contribution < -0.4 is 11.5 Å². The van der Waals surface area contributed by atoms with Gasteiger partial charge in [0.1, 0.15) is 10.7 Å². The molecule has 0 aliphatic carbocycles. The number of primary amides is 1. The van der Waals surface area contributed by atoms with Gasteiger partial charge in [-0.05, 0) is 18.2 Å². The van der Waals surface area contributed by atoms with E-state index in [0.717, 1.165) is 19.2 Å². The normalized spacial score (nSPS) is 11.0. The summed E-state index contributed by atoms with van der Waals surface area (Å²) in [5.74, 6) is 3.33. The van der Waals surface area contributed by atoms with Gasteiger partial charge in [-0.1, -0.05) is 11.8 Å². The molecule has 108 valence electrons. The molecule has 0 spiro atoms. The molecule has 0 atom stereocenters. The number of rotatable bonds is 4. The Morgan fingerprint density at radius 3 is 2.60 bits per heavy atom. The highest BCUT2D eigenvalue weighted by atomic mass is 32.2. The van der Waals surface area contributed by atoms with Crippen LogP contribution in [0.1, 0.15) is 5.56 Å². The fourth-order valence-corrected chi connectivity index (χ4v) is 2.59. The van der Waals surface area contributed by atoms with Gasteiger partial charge in [-0.2, -0.15) is 4.31 Å². The van der Waals surface area contributed by atoms with Crippen molar-refractivity contribution >= 4 is 15.9 Å². The molecule has 6 nitrogen and oxygen atoms in total. The molecule has 0 radical (unpaired) electrons. The van der Waals surface area contributed by atoms with E-state index in [1.54, 1.807) is 0 Å². The van der Waals surface area contributed by atoms with Crippen molar-refractivity contribution in [1.82, 2.24) is 4.31 Å². The summed E-state index contributed by atoms with van der Waals surface area (Å²) in [5.41, 5.74) is 10.4. The number of nitrogens with two attached hydrogens (primary N) is 2. The van der Waals surface area contributed by atoms with Gasteiger partial charge < -0.3 is 11.5 Å². The molecule has 0 unspecified atom stereocenters. The van der Waals surface area contributed by atoms with Gasteiger partial charge in [-0.3, -0.25) is 4.79 Å². The predicted octanol–water partition coefficient (Wildman–Crippen LogP) is -0.758. The Kier molecular flexibility index (Phi) is 5.21. The largest absolute Gasteiger partial charge is 0.369 e. The molecular formula is C12H14FN3O3S. The first-order valence-corrected chi connectivity index (χ1v) is 6.96. The SMILES string of the molecule is CN(CC(N)=O)S(=O)(=O)c1ccc(C#CCN)cc1F. The van der Waals surface area contributed by atoms with Gasteiger partial charge in [0, 0.05) is 12.6 Å². The van der Waals surface area contributed by atoms with Crippen molar-refractivity contribution < 1.29 is 17.6 Å². The van der Waals surface area contributed by atoms with E-state index < -0.39 is 33.2 Å². The monoisotopic (exact) mass is 299 g/mol. The molecule has 1 amide bonds. The van der Waals surface area contributed by atoms with Crippen LogP contribution in [0.3, 0.4) is 0 Å². The first kappa shape index (κ1) is 16.1. The molecule has 1 aromatic rings. The lowest BCUT2D eigenvalue weighted by Crippen LogP contribution is -2.35. The fourth-order valence-electron chi connectivity index (χ4n) is 1.41. The summed E-state index contributed by atoms with van der Waals surface area (Å²) in [4.78, 5) is 10.2. The van der Waals surface area contributed by atoms with Gasteiger partial charge >= 0.3 is 0 Å². The smallest absolute Gasteiger partial charge is 0.246 e. The van der Waals surface area contributed by atoms with E-state index >= 15 is 0 Å². The van der Waals surface area contributed by atoms with Crippen LogP contribution in [0.5, 0.6) is 0 Å². The quantitative estimate of drug-likeness (QED) is 0.713. The molecule has 0 aliphatic heterocycles. The van der Waals surface area contributed by atoms with Crippen molar-refractivity contribution in [1.29, 1.82) is 0 Å². The Bertz CT molecular complexity index is 677. The van der Waals surface area contributed by atoms with Crippen LogP contribution in [-0.2, 0) is 14.8 Å². The molecule has 4 N–H and O–H groups in total. The Hall–Kier alpha value is -1.95. The van der Waals surface area contributed by atoms with Crippen molar-refractivity contribution in [2.45, 2.75) is 4.90 Å². The van der Waals surface area contributed by atoms with E-state index in [4.69, 9.17) is 11.5 Å². The van der Waals surface area contributed by atoms with E-state index in [0.29, 0.717) is 9.87 Å². The second-order valence-electron chi connectivity index (χ2n) is 3.88. The average Bonchev–Trinajstić information content (AvgIpc) is 2.35. The van der Waals surface area contributed by atoms with E-state index in [1.165, 1.54) is 6.07 Å². The lowest BCUT2D eigenvalue weighted by molar-refractivity contribution is -0.118. The molecule has 1 aromatic carbocycles. The minimum Gasteiger partial charge on any atom is -0.369 e. The topological polar surface area (TPSA) is 106 Å². The van der Waals surface area contributed by atoms with Crippen LogP contribution in [0.15, 0.2) is 23.1 Å². The van der Waals surface area contributed by atoms with Gasteiger partial charge in [0.25, 0.3) is 0 Å². The summed E-state index contributed by atoms with van der Waals surface area (Å²) in [5, 5.41) is 0. The maximum atomic E-state index is 13.8. The second-order valence-corrected chi connectivity index (χ2v) is 5.89. The molecule has 0 aliphatic rings. The zero-order valence-corrected chi connectivity index (χ0v) is 11.6. The number of hydrogen-bond donors (Lipinski definition) is 2. The Balaban J connectivity index is 3.17. The summed E-state index contributed by atoms with van der Waals surface area (Å²) in [6.07, 6.45) is 0. The summed E-state index contributed by atoms with van der Waals surface area (Å²) >= 11 is 0. The third kappa shape index (κ3) is 3.77.